The highest BCUT2D eigenvalue weighted by atomic mass is 16.4. The smallest absolute Gasteiger partial charge is 0.432 e. The Hall–Kier alpha value is -1.27. The highest BCUT2D eigenvalue weighted by Crippen LogP contribution is 2.08. The van der Waals surface area contributed by atoms with Gasteiger partial charge in [0.05, 0.1) is 5.22 Å². The van der Waals surface area contributed by atoms with Gasteiger partial charge < -0.3 is 5.11 Å². The van der Waals surface area contributed by atoms with Gasteiger partial charge in [-0.1, -0.05) is 0 Å². The fourth-order valence-corrected chi connectivity index (χ4v) is 0.379. The lowest BCUT2D eigenvalue weighted by molar-refractivity contribution is -0.825. The predicted molar refractivity (Wildman–Crippen MR) is 26.5 cm³/mol. The van der Waals surface area contributed by atoms with Crippen LogP contribution in [0.4, 0.5) is 4.79 Å². The van der Waals surface area contributed by atoms with E-state index in [1.807, 2.05) is 0 Å². The minimum atomic E-state index is -1.26. The van der Waals surface area contributed by atoms with Crippen molar-refractivity contribution in [1.82, 2.24) is 0 Å². The minimum Gasteiger partial charge on any atom is -0.432 e. The molecule has 1 heterocycles. The highest BCUT2D eigenvalue weighted by Gasteiger charge is 2.34. The lowest BCUT2D eigenvalue weighted by Gasteiger charge is -2.06. The van der Waals surface area contributed by atoms with Crippen LogP contribution in [0, 0.1) is 0 Å². The van der Waals surface area contributed by atoms with E-state index in [2.05, 4.69) is 10.3 Å². The molecule has 0 aromatic carbocycles. The number of rotatable bonds is 0. The van der Waals surface area contributed by atoms with E-state index in [0.29, 0.717) is 0 Å². The van der Waals surface area contributed by atoms with Crippen molar-refractivity contribution in [3.8, 4) is 0 Å². The van der Waals surface area contributed by atoms with Gasteiger partial charge in [-0.25, -0.2) is 0 Å². The van der Waals surface area contributed by atoms with E-state index in [-0.39, 0.29) is 0 Å². The minimum absolute atomic E-state index is 1.00. The van der Waals surface area contributed by atoms with Gasteiger partial charge in [-0.05, 0) is 0 Å². The van der Waals surface area contributed by atoms with E-state index in [1.54, 1.807) is 0 Å². The number of amides is 1. The molecule has 1 atom stereocenters. The topological polar surface area (TPSA) is 88.0 Å². The molecule has 1 rings (SSSR count). The second-order valence-corrected chi connectivity index (χ2v) is 1.52. The molecule has 1 aliphatic rings. The van der Waals surface area contributed by atoms with Crippen molar-refractivity contribution in [2.75, 3.05) is 0 Å². The molecule has 0 bridgehead atoms. The summed E-state index contributed by atoms with van der Waals surface area (Å²) in [5, 5.41) is 14.8. The molecule has 0 aromatic heterocycles. The lowest BCUT2D eigenvalue weighted by Crippen LogP contribution is -2.47. The maximum Gasteiger partial charge on any atom is 0.568 e. The van der Waals surface area contributed by atoms with E-state index in [1.165, 1.54) is 6.20 Å². The van der Waals surface area contributed by atoms with Gasteiger partial charge in [-0.2, -0.15) is 4.79 Å². The molecule has 1 aliphatic heterocycles. The molecule has 0 aromatic rings. The summed E-state index contributed by atoms with van der Waals surface area (Å²) < 4.78 is -1.00. The Morgan fingerprint density at radius 2 is 2.44 bits per heavy atom. The Morgan fingerprint density at radius 1 is 1.78 bits per heavy atom. The first kappa shape index (κ1) is 5.86. The Morgan fingerprint density at radius 3 is 2.67 bits per heavy atom. The van der Waals surface area contributed by atoms with Crippen molar-refractivity contribution < 1.29 is 14.6 Å². The van der Waals surface area contributed by atoms with Crippen molar-refractivity contribution in [2.45, 2.75) is 0 Å². The van der Waals surface area contributed by atoms with E-state index >= 15 is 0 Å². The SMILES string of the molecule is N[N+]1(C(=O)O)C=CN=N1. The predicted octanol–water partition coefficient (Wildman–Crippen LogP) is 0.207. The van der Waals surface area contributed by atoms with Gasteiger partial charge in [0.2, 0.25) is 0 Å². The summed E-state index contributed by atoms with van der Waals surface area (Å²) in [4.78, 5) is 10.2. The zero-order valence-electron chi connectivity index (χ0n) is 4.43. The molecule has 9 heavy (non-hydrogen) atoms. The average Bonchev–Trinajstić information content (AvgIpc) is 2.16. The summed E-state index contributed by atoms with van der Waals surface area (Å²) in [5.41, 5.74) is 0. The number of quaternary nitrogens is 1. The van der Waals surface area contributed by atoms with Crippen LogP contribution in [0.25, 0.3) is 0 Å². The summed E-state index contributed by atoms with van der Waals surface area (Å²) in [7, 11) is 0. The molecular formula is C3H5N4O2+. The van der Waals surface area contributed by atoms with Gasteiger partial charge >= 0.3 is 6.09 Å². The summed E-state index contributed by atoms with van der Waals surface area (Å²) in [6, 6.07) is 0. The van der Waals surface area contributed by atoms with Gasteiger partial charge in [0.15, 0.2) is 6.20 Å². The molecule has 0 spiro atoms. The first-order valence-corrected chi connectivity index (χ1v) is 2.16. The fourth-order valence-electron chi connectivity index (χ4n) is 0.379. The number of nitrogens with zero attached hydrogens (tertiary/aromatic N) is 3. The second-order valence-electron chi connectivity index (χ2n) is 1.52. The Balaban J connectivity index is 2.88. The van der Waals surface area contributed by atoms with Crippen LogP contribution in [-0.4, -0.2) is 15.9 Å². The second kappa shape index (κ2) is 1.61. The van der Waals surface area contributed by atoms with Crippen LogP contribution in [0.15, 0.2) is 22.7 Å². The van der Waals surface area contributed by atoms with Gasteiger partial charge in [0, 0.05) is 4.70 Å². The third-order valence-corrected chi connectivity index (χ3v) is 0.867. The quantitative estimate of drug-likeness (QED) is 0.278. The monoisotopic (exact) mass is 129 g/mol. The third kappa shape index (κ3) is 0.799. The highest BCUT2D eigenvalue weighted by molar-refractivity contribution is 5.56. The normalized spacial score (nSPS) is 31.2. The average molecular weight is 129 g/mol. The molecule has 0 saturated heterocycles. The Labute approximate surface area is 50.4 Å². The molecule has 1 unspecified atom stereocenters. The maximum absolute atomic E-state index is 10.2. The van der Waals surface area contributed by atoms with Crippen LogP contribution in [0.3, 0.4) is 0 Å². The largest absolute Gasteiger partial charge is 0.568 e. The molecule has 6 nitrogen and oxygen atoms in total. The van der Waals surface area contributed by atoms with Gasteiger partial charge in [-0.3, -0.25) is 0 Å². The molecule has 1 amide bonds. The molecule has 0 aliphatic carbocycles. The summed E-state index contributed by atoms with van der Waals surface area (Å²) in [5.74, 6) is 5.09. The zero-order valence-corrected chi connectivity index (χ0v) is 4.43. The van der Waals surface area contributed by atoms with Crippen LogP contribution in [-0.2, 0) is 0 Å². The molecule has 6 heteroatoms. The first-order valence-electron chi connectivity index (χ1n) is 2.16. The molecule has 48 valence electrons. The van der Waals surface area contributed by atoms with Crippen molar-refractivity contribution in [1.29, 1.82) is 0 Å². The summed E-state index contributed by atoms with van der Waals surface area (Å²) in [6.45, 7) is 0. The Bertz CT molecular complexity index is 184. The van der Waals surface area contributed by atoms with Crippen LogP contribution in [0.5, 0.6) is 0 Å². The summed E-state index contributed by atoms with van der Waals surface area (Å²) >= 11 is 0. The molecule has 0 radical (unpaired) electrons. The molecule has 3 N–H and O–H groups in total. The number of carbonyl (C=O) groups is 1. The van der Waals surface area contributed by atoms with Gasteiger partial charge in [0.25, 0.3) is 0 Å². The van der Waals surface area contributed by atoms with Crippen molar-refractivity contribution in [3.63, 3.8) is 0 Å². The molecular weight excluding hydrogens is 124 g/mol. The lowest BCUT2D eigenvalue weighted by atomic mass is 10.8. The standard InChI is InChI=1S/C3H4N4O2/c4-7(3(8)9)2-1-5-6-7/h1-2H,4H2/p+1. The van der Waals surface area contributed by atoms with Crippen molar-refractivity contribution in [2.24, 2.45) is 16.2 Å². The van der Waals surface area contributed by atoms with Gasteiger partial charge in [0.1, 0.15) is 6.20 Å². The number of hydrogen-bond acceptors (Lipinski definition) is 4. The number of hydrogen-bond donors (Lipinski definition) is 2. The number of nitrogens with two attached hydrogens (primary N) is 1. The van der Waals surface area contributed by atoms with E-state index in [4.69, 9.17) is 10.9 Å². The van der Waals surface area contributed by atoms with Crippen LogP contribution < -0.4 is 5.84 Å². The van der Waals surface area contributed by atoms with Crippen LogP contribution in [0.2, 0.25) is 0 Å². The van der Waals surface area contributed by atoms with E-state index < -0.39 is 10.8 Å². The van der Waals surface area contributed by atoms with Crippen LogP contribution >= 0.6 is 0 Å². The number of carboxylic acid groups (broad SMARTS) is 1. The zero-order chi connectivity index (χ0) is 6.91. The van der Waals surface area contributed by atoms with E-state index in [0.717, 1.165) is 6.20 Å². The fraction of sp³-hybridized carbons (Fsp3) is 0. The van der Waals surface area contributed by atoms with E-state index in [9.17, 15) is 4.79 Å². The molecule has 0 fully saturated rings. The van der Waals surface area contributed by atoms with Crippen LogP contribution in [0.1, 0.15) is 0 Å². The van der Waals surface area contributed by atoms with Crippen molar-refractivity contribution in [3.05, 3.63) is 12.4 Å². The third-order valence-electron chi connectivity index (χ3n) is 0.867. The maximum atomic E-state index is 10.2. The van der Waals surface area contributed by atoms with Crippen molar-refractivity contribution >= 4 is 6.09 Å². The summed E-state index contributed by atoms with van der Waals surface area (Å²) in [6.07, 6.45) is 1.13. The molecule has 0 saturated carbocycles. The Kier molecular flexibility index (Phi) is 1.05. The van der Waals surface area contributed by atoms with Gasteiger partial charge in [-0.15, -0.1) is 11.0 Å². The first-order chi connectivity index (χ1) is 4.15.